The summed E-state index contributed by atoms with van der Waals surface area (Å²) in [5, 5.41) is 12.0. The number of hydrogen-bond donors (Lipinski definition) is 2. The van der Waals surface area contributed by atoms with E-state index in [1.165, 1.54) is 6.07 Å². The van der Waals surface area contributed by atoms with E-state index in [-0.39, 0.29) is 30.9 Å². The van der Waals surface area contributed by atoms with Gasteiger partial charge in [0.15, 0.2) is 0 Å². The van der Waals surface area contributed by atoms with Crippen molar-refractivity contribution in [2.75, 3.05) is 0 Å². The first kappa shape index (κ1) is 25.9. The molecule has 0 aromatic heterocycles. The van der Waals surface area contributed by atoms with E-state index >= 15 is 0 Å². The van der Waals surface area contributed by atoms with Crippen molar-refractivity contribution < 1.29 is 28.2 Å². The summed E-state index contributed by atoms with van der Waals surface area (Å²) in [6, 6.07) is 17.0. The second-order valence-corrected chi connectivity index (χ2v) is 8.81. The van der Waals surface area contributed by atoms with E-state index < -0.39 is 29.6 Å². The molecule has 1 unspecified atom stereocenters. The number of aliphatic carboxylic acids is 1. The van der Waals surface area contributed by atoms with Crippen molar-refractivity contribution in [1.29, 1.82) is 0 Å². The molecule has 1 atom stereocenters. The normalized spacial score (nSPS) is 11.8. The maximum absolute atomic E-state index is 14.5. The van der Waals surface area contributed by atoms with Crippen LogP contribution in [-0.2, 0) is 17.8 Å². The van der Waals surface area contributed by atoms with Crippen LogP contribution in [0.25, 0.3) is 0 Å². The largest absolute Gasteiger partial charge is 0.489 e. The second-order valence-electron chi connectivity index (χ2n) is 8.81. The molecular formula is C28H29F2NO4. The Morgan fingerprint density at radius 2 is 1.74 bits per heavy atom. The van der Waals surface area contributed by atoms with Crippen LogP contribution in [0.1, 0.15) is 59.8 Å². The van der Waals surface area contributed by atoms with Crippen LogP contribution in [0.4, 0.5) is 8.78 Å². The second kappa shape index (κ2) is 12.1. The van der Waals surface area contributed by atoms with Crippen molar-refractivity contribution in [2.45, 2.75) is 45.8 Å². The number of benzene rings is 3. The summed E-state index contributed by atoms with van der Waals surface area (Å²) >= 11 is 0. The summed E-state index contributed by atoms with van der Waals surface area (Å²) in [5.74, 6) is -2.05. The molecule has 0 spiro atoms. The van der Waals surface area contributed by atoms with Gasteiger partial charge in [0.05, 0.1) is 6.04 Å². The Morgan fingerprint density at radius 3 is 2.40 bits per heavy atom. The van der Waals surface area contributed by atoms with Gasteiger partial charge in [0, 0.05) is 23.6 Å². The average Bonchev–Trinajstić information content (AvgIpc) is 2.81. The van der Waals surface area contributed by atoms with Crippen molar-refractivity contribution in [1.82, 2.24) is 5.32 Å². The molecule has 0 radical (unpaired) electrons. The average molecular weight is 482 g/mol. The van der Waals surface area contributed by atoms with E-state index in [1.54, 1.807) is 18.2 Å². The number of halogens is 2. The molecule has 0 saturated heterocycles. The first-order valence-electron chi connectivity index (χ1n) is 11.5. The van der Waals surface area contributed by atoms with Crippen LogP contribution in [0.5, 0.6) is 5.75 Å². The quantitative estimate of drug-likeness (QED) is 0.348. The van der Waals surface area contributed by atoms with E-state index in [2.05, 4.69) is 5.32 Å². The van der Waals surface area contributed by atoms with Crippen molar-refractivity contribution in [3.63, 3.8) is 0 Å². The molecule has 0 aliphatic rings. The van der Waals surface area contributed by atoms with Gasteiger partial charge in [-0.25, -0.2) is 8.78 Å². The smallest absolute Gasteiger partial charge is 0.303 e. The van der Waals surface area contributed by atoms with Gasteiger partial charge in [-0.05, 0) is 54.2 Å². The predicted octanol–water partition coefficient (Wildman–Crippen LogP) is 6.08. The highest BCUT2D eigenvalue weighted by Gasteiger charge is 2.22. The van der Waals surface area contributed by atoms with Gasteiger partial charge in [-0.1, -0.05) is 50.2 Å². The summed E-state index contributed by atoms with van der Waals surface area (Å²) in [5.41, 5.74) is 1.79. The first-order chi connectivity index (χ1) is 16.7. The van der Waals surface area contributed by atoms with Crippen LogP contribution < -0.4 is 10.1 Å². The Hall–Kier alpha value is -3.74. The number of carbonyl (C=O) groups excluding carboxylic acids is 1. The lowest BCUT2D eigenvalue weighted by molar-refractivity contribution is -0.136. The number of ether oxygens (including phenoxy) is 1. The third kappa shape index (κ3) is 7.64. The topological polar surface area (TPSA) is 75.6 Å². The SMILES string of the molecule is CC(C)CC(NC(=O)c1cc(COc2ccccc2)ccc1CCC(=O)O)c1ccc(F)cc1F. The Morgan fingerprint density at radius 1 is 1.00 bits per heavy atom. The Kier molecular flexibility index (Phi) is 8.95. The van der Waals surface area contributed by atoms with Crippen LogP contribution in [0.15, 0.2) is 66.7 Å². The molecule has 3 aromatic rings. The minimum absolute atomic E-state index is 0.127. The Labute approximate surface area is 203 Å². The van der Waals surface area contributed by atoms with Gasteiger partial charge in [0.1, 0.15) is 24.0 Å². The summed E-state index contributed by atoms with van der Waals surface area (Å²) in [4.78, 5) is 24.5. The van der Waals surface area contributed by atoms with Gasteiger partial charge in [0.25, 0.3) is 5.91 Å². The van der Waals surface area contributed by atoms with Crippen LogP contribution in [-0.4, -0.2) is 17.0 Å². The monoisotopic (exact) mass is 481 g/mol. The molecule has 1 amide bonds. The third-order valence-corrected chi connectivity index (χ3v) is 5.53. The summed E-state index contributed by atoms with van der Waals surface area (Å²) in [6.45, 7) is 4.10. The molecule has 0 heterocycles. The molecule has 0 saturated carbocycles. The van der Waals surface area contributed by atoms with E-state index in [1.807, 2.05) is 44.2 Å². The number of aryl methyl sites for hydroxylation is 1. The lowest BCUT2D eigenvalue weighted by atomic mass is 9.95. The number of rotatable bonds is 11. The Balaban J connectivity index is 1.88. The van der Waals surface area contributed by atoms with E-state index in [4.69, 9.17) is 9.84 Å². The molecule has 7 heteroatoms. The van der Waals surface area contributed by atoms with E-state index in [0.29, 0.717) is 23.3 Å². The summed E-state index contributed by atoms with van der Waals surface area (Å²) < 4.78 is 33.8. The molecular weight excluding hydrogens is 452 g/mol. The van der Waals surface area contributed by atoms with Gasteiger partial charge in [-0.15, -0.1) is 0 Å². The summed E-state index contributed by atoms with van der Waals surface area (Å²) in [7, 11) is 0. The van der Waals surface area contributed by atoms with Crippen molar-refractivity contribution in [3.05, 3.63) is 101 Å². The molecule has 35 heavy (non-hydrogen) atoms. The van der Waals surface area contributed by atoms with E-state index in [0.717, 1.165) is 17.7 Å². The molecule has 3 rings (SSSR count). The van der Waals surface area contributed by atoms with Gasteiger partial charge in [0.2, 0.25) is 0 Å². The predicted molar refractivity (Wildman–Crippen MR) is 129 cm³/mol. The number of carboxylic acid groups (broad SMARTS) is 1. The van der Waals surface area contributed by atoms with E-state index in [9.17, 15) is 18.4 Å². The molecule has 184 valence electrons. The first-order valence-corrected chi connectivity index (χ1v) is 11.5. The fourth-order valence-electron chi connectivity index (χ4n) is 3.82. The number of carbonyl (C=O) groups is 2. The van der Waals surface area contributed by atoms with Crippen molar-refractivity contribution in [2.24, 2.45) is 5.92 Å². The van der Waals surface area contributed by atoms with Gasteiger partial charge >= 0.3 is 5.97 Å². The van der Waals surface area contributed by atoms with Gasteiger partial charge in [-0.3, -0.25) is 9.59 Å². The highest BCUT2D eigenvalue weighted by Crippen LogP contribution is 2.26. The molecule has 0 aliphatic heterocycles. The summed E-state index contributed by atoms with van der Waals surface area (Å²) in [6.07, 6.45) is 0.468. The molecule has 0 fully saturated rings. The molecule has 3 aromatic carbocycles. The lowest BCUT2D eigenvalue weighted by Gasteiger charge is -2.23. The Bertz CT molecular complexity index is 1160. The number of para-hydroxylation sites is 1. The fourth-order valence-corrected chi connectivity index (χ4v) is 3.82. The molecule has 2 N–H and O–H groups in total. The van der Waals surface area contributed by atoms with Gasteiger partial charge < -0.3 is 15.2 Å². The minimum Gasteiger partial charge on any atom is -0.489 e. The van der Waals surface area contributed by atoms with Crippen molar-refractivity contribution in [3.8, 4) is 5.75 Å². The maximum atomic E-state index is 14.5. The standard InChI is InChI=1S/C28H29F2NO4/c1-18(2)14-26(23-12-11-21(29)16-25(23)30)31-28(34)24-15-19(8-9-20(24)10-13-27(32)33)17-35-22-6-4-3-5-7-22/h3-9,11-12,15-16,18,26H,10,13-14,17H2,1-2H3,(H,31,34)(H,32,33). The number of hydrogen-bond acceptors (Lipinski definition) is 3. The molecule has 0 bridgehead atoms. The minimum atomic E-state index is -0.973. The third-order valence-electron chi connectivity index (χ3n) is 5.53. The number of carboxylic acids is 1. The molecule has 0 aliphatic carbocycles. The van der Waals surface area contributed by atoms with Crippen LogP contribution in [0.2, 0.25) is 0 Å². The zero-order valence-electron chi connectivity index (χ0n) is 19.8. The van der Waals surface area contributed by atoms with Crippen LogP contribution in [0.3, 0.4) is 0 Å². The zero-order chi connectivity index (χ0) is 25.4. The fraction of sp³-hybridized carbons (Fsp3) is 0.286. The highest BCUT2D eigenvalue weighted by atomic mass is 19.1. The van der Waals surface area contributed by atoms with Crippen LogP contribution in [0, 0.1) is 17.6 Å². The van der Waals surface area contributed by atoms with Crippen LogP contribution >= 0.6 is 0 Å². The molecule has 5 nitrogen and oxygen atoms in total. The van der Waals surface area contributed by atoms with Crippen molar-refractivity contribution >= 4 is 11.9 Å². The lowest BCUT2D eigenvalue weighted by Crippen LogP contribution is -2.31. The highest BCUT2D eigenvalue weighted by molar-refractivity contribution is 5.96. The number of amides is 1. The van der Waals surface area contributed by atoms with Gasteiger partial charge in [-0.2, -0.15) is 0 Å². The zero-order valence-corrected chi connectivity index (χ0v) is 19.8. The maximum Gasteiger partial charge on any atom is 0.303 e. The number of nitrogens with one attached hydrogen (secondary N) is 1.